The Morgan fingerprint density at radius 3 is 2.64 bits per heavy atom. The molecular weight excluding hydrogens is 366 g/mol. The van der Waals surface area contributed by atoms with Gasteiger partial charge in [0.1, 0.15) is 6.04 Å². The molecule has 0 saturated carbocycles. The van der Waals surface area contributed by atoms with Crippen molar-refractivity contribution >= 4 is 33.0 Å². The molecular formula is C23H26N3OS+. The lowest BCUT2D eigenvalue weighted by molar-refractivity contribution is -0.902. The van der Waals surface area contributed by atoms with Gasteiger partial charge in [-0.15, -0.1) is 11.3 Å². The second-order valence-corrected chi connectivity index (χ2v) is 8.51. The van der Waals surface area contributed by atoms with Gasteiger partial charge in [-0.2, -0.15) is 0 Å². The van der Waals surface area contributed by atoms with Crippen molar-refractivity contribution in [3.05, 3.63) is 71.2 Å². The van der Waals surface area contributed by atoms with Crippen molar-refractivity contribution in [3.8, 4) is 0 Å². The van der Waals surface area contributed by atoms with E-state index in [0.717, 1.165) is 23.5 Å². The highest BCUT2D eigenvalue weighted by molar-refractivity contribution is 7.18. The number of aromatic nitrogens is 1. The van der Waals surface area contributed by atoms with E-state index in [1.165, 1.54) is 20.7 Å². The van der Waals surface area contributed by atoms with Crippen molar-refractivity contribution in [2.24, 2.45) is 0 Å². The largest absolute Gasteiger partial charge is 0.334 e. The molecule has 4 rings (SSSR count). The van der Waals surface area contributed by atoms with Crippen LogP contribution < -0.4 is 4.90 Å². The van der Waals surface area contributed by atoms with Crippen LogP contribution in [-0.2, 0) is 4.79 Å². The molecule has 0 radical (unpaired) electrons. The first-order valence-electron chi connectivity index (χ1n) is 9.82. The second kappa shape index (κ2) is 8.25. The average molecular weight is 393 g/mol. The Labute approximate surface area is 170 Å². The molecule has 0 aliphatic carbocycles. The second-order valence-electron chi connectivity index (χ2n) is 7.45. The number of likely N-dealkylation sites (N-methyl/N-ethyl adjacent to an activating group) is 1. The maximum absolute atomic E-state index is 12.8. The number of hydrogen-bond acceptors (Lipinski definition) is 3. The van der Waals surface area contributed by atoms with Crippen LogP contribution in [0.4, 0.5) is 0 Å². The number of nitrogens with one attached hydrogen (secondary N) is 1. The van der Waals surface area contributed by atoms with Crippen LogP contribution in [0.25, 0.3) is 15.8 Å². The molecule has 5 heteroatoms. The fraction of sp³-hybridized carbons (Fsp3) is 0.304. The number of hydrogen-bond donors (Lipinski definition) is 1. The Hall–Kier alpha value is -2.50. The van der Waals surface area contributed by atoms with Crippen molar-refractivity contribution in [1.29, 1.82) is 0 Å². The van der Waals surface area contributed by atoms with Gasteiger partial charge in [0, 0.05) is 13.1 Å². The third-order valence-electron chi connectivity index (χ3n) is 5.56. The van der Waals surface area contributed by atoms with Gasteiger partial charge in [-0.1, -0.05) is 48.5 Å². The van der Waals surface area contributed by atoms with Gasteiger partial charge in [0.25, 0.3) is 5.91 Å². The molecule has 0 fully saturated rings. The van der Waals surface area contributed by atoms with E-state index in [0.29, 0.717) is 13.1 Å². The highest BCUT2D eigenvalue weighted by Crippen LogP contribution is 2.25. The topological polar surface area (TPSA) is 37.6 Å². The molecule has 1 N–H and O–H groups in total. The Morgan fingerprint density at radius 1 is 1.18 bits per heavy atom. The number of amides is 1. The molecule has 28 heavy (non-hydrogen) atoms. The normalized spacial score (nSPS) is 16.6. The summed E-state index contributed by atoms with van der Waals surface area (Å²) in [6.45, 7) is 4.14. The zero-order valence-corrected chi connectivity index (χ0v) is 17.2. The van der Waals surface area contributed by atoms with Gasteiger partial charge in [0.05, 0.1) is 17.3 Å². The minimum Gasteiger partial charge on any atom is -0.334 e. The molecule has 0 spiro atoms. The average Bonchev–Trinajstić information content (AvgIpc) is 3.18. The van der Waals surface area contributed by atoms with Gasteiger partial charge in [-0.25, -0.2) is 4.98 Å². The van der Waals surface area contributed by atoms with E-state index in [-0.39, 0.29) is 11.9 Å². The van der Waals surface area contributed by atoms with Crippen molar-refractivity contribution in [3.63, 3.8) is 0 Å². The fourth-order valence-electron chi connectivity index (χ4n) is 3.60. The molecule has 0 saturated heterocycles. The smallest absolute Gasteiger partial charge is 0.278 e. The number of benzene rings is 2. The van der Waals surface area contributed by atoms with E-state index in [2.05, 4.69) is 50.4 Å². The summed E-state index contributed by atoms with van der Waals surface area (Å²) >= 11 is 1.73. The lowest BCUT2D eigenvalue weighted by Gasteiger charge is -2.28. The van der Waals surface area contributed by atoms with Crippen LogP contribution in [0.15, 0.2) is 60.7 Å². The van der Waals surface area contributed by atoms with Crippen LogP contribution in [0.3, 0.4) is 0 Å². The Balaban J connectivity index is 1.37. The van der Waals surface area contributed by atoms with Gasteiger partial charge < -0.3 is 9.80 Å². The number of quaternary nitrogens is 1. The summed E-state index contributed by atoms with van der Waals surface area (Å²) in [5, 5.41) is 1.09. The number of thiazole rings is 1. The van der Waals surface area contributed by atoms with Crippen LogP contribution >= 0.6 is 11.3 Å². The summed E-state index contributed by atoms with van der Waals surface area (Å²) in [7, 11) is 2.09. The molecule has 144 valence electrons. The van der Waals surface area contributed by atoms with E-state index in [4.69, 9.17) is 4.98 Å². The van der Waals surface area contributed by atoms with Crippen molar-refractivity contribution in [2.75, 3.05) is 26.7 Å². The zero-order valence-electron chi connectivity index (χ0n) is 16.4. The minimum absolute atomic E-state index is 0.196. The first-order chi connectivity index (χ1) is 13.6. The first-order valence-corrected chi connectivity index (χ1v) is 10.6. The quantitative estimate of drug-likeness (QED) is 0.724. The van der Waals surface area contributed by atoms with Gasteiger partial charge >= 0.3 is 0 Å². The molecule has 4 nitrogen and oxygen atoms in total. The van der Waals surface area contributed by atoms with Gasteiger partial charge in [0.2, 0.25) is 0 Å². The van der Waals surface area contributed by atoms with E-state index >= 15 is 0 Å². The van der Waals surface area contributed by atoms with E-state index in [1.54, 1.807) is 11.3 Å². The highest BCUT2D eigenvalue weighted by atomic mass is 32.1. The lowest BCUT2D eigenvalue weighted by Crippen LogP contribution is -3.10. The summed E-state index contributed by atoms with van der Waals surface area (Å²) in [5.41, 5.74) is 3.65. The van der Waals surface area contributed by atoms with Gasteiger partial charge in [-0.05, 0) is 36.6 Å². The van der Waals surface area contributed by atoms with E-state index in [9.17, 15) is 4.79 Å². The van der Waals surface area contributed by atoms with Crippen LogP contribution in [0.2, 0.25) is 0 Å². The molecule has 2 atom stereocenters. The zero-order chi connectivity index (χ0) is 19.5. The first kappa shape index (κ1) is 18.8. The molecule has 2 aromatic carbocycles. The Kier molecular flexibility index (Phi) is 5.55. The number of fused-ring (bicyclic) bond motifs is 1. The standard InChI is InChI=1S/C23H25N3OS/c1-17(23-24-20-10-6-7-11-21(20)28-23)25(2)16-22(27)26-14-12-19(13-15-26)18-8-4-3-5-9-18/h3-12,17H,13-16H2,1-2H3/p+1/t17-/m1/s1. The SMILES string of the molecule is C[C@H](c1nc2ccccc2s1)[NH+](C)CC(=O)N1CC=C(c2ccccc2)CC1. The molecule has 1 aromatic heterocycles. The molecule has 0 bridgehead atoms. The van der Waals surface area contributed by atoms with Crippen LogP contribution in [0, 0.1) is 0 Å². The predicted octanol–water partition coefficient (Wildman–Crippen LogP) is 3.19. The van der Waals surface area contributed by atoms with Crippen LogP contribution in [-0.4, -0.2) is 42.5 Å². The predicted molar refractivity (Wildman–Crippen MR) is 115 cm³/mol. The van der Waals surface area contributed by atoms with Crippen molar-refractivity contribution in [2.45, 2.75) is 19.4 Å². The molecule has 1 amide bonds. The Bertz CT molecular complexity index is 962. The summed E-state index contributed by atoms with van der Waals surface area (Å²) in [5.74, 6) is 0.217. The highest BCUT2D eigenvalue weighted by Gasteiger charge is 2.25. The van der Waals surface area contributed by atoms with Crippen molar-refractivity contribution < 1.29 is 9.69 Å². The maximum atomic E-state index is 12.8. The molecule has 1 aliphatic heterocycles. The molecule has 1 aliphatic rings. The molecule has 2 heterocycles. The van der Waals surface area contributed by atoms with Crippen LogP contribution in [0.1, 0.15) is 30.0 Å². The Morgan fingerprint density at radius 2 is 1.93 bits per heavy atom. The number of rotatable bonds is 5. The number of carbonyl (C=O) groups excluding carboxylic acids is 1. The van der Waals surface area contributed by atoms with Gasteiger partial charge in [0.15, 0.2) is 11.6 Å². The third kappa shape index (κ3) is 4.01. The number of carbonyl (C=O) groups is 1. The summed E-state index contributed by atoms with van der Waals surface area (Å²) in [6.07, 6.45) is 3.12. The monoisotopic (exact) mass is 392 g/mol. The summed E-state index contributed by atoms with van der Waals surface area (Å²) < 4.78 is 1.21. The van der Waals surface area contributed by atoms with Crippen LogP contribution in [0.5, 0.6) is 0 Å². The minimum atomic E-state index is 0.196. The summed E-state index contributed by atoms with van der Waals surface area (Å²) in [6, 6.07) is 18.9. The molecule has 1 unspecified atom stereocenters. The number of para-hydroxylation sites is 1. The number of nitrogens with zero attached hydrogens (tertiary/aromatic N) is 2. The van der Waals surface area contributed by atoms with Gasteiger partial charge in [-0.3, -0.25) is 4.79 Å². The fourth-order valence-corrected chi connectivity index (χ4v) is 4.71. The summed E-state index contributed by atoms with van der Waals surface area (Å²) in [4.78, 5) is 20.7. The van der Waals surface area contributed by atoms with E-state index < -0.39 is 0 Å². The maximum Gasteiger partial charge on any atom is 0.278 e. The van der Waals surface area contributed by atoms with E-state index in [1.807, 2.05) is 29.2 Å². The lowest BCUT2D eigenvalue weighted by atomic mass is 9.99. The third-order valence-corrected chi connectivity index (χ3v) is 6.78. The van der Waals surface area contributed by atoms with Crippen molar-refractivity contribution in [1.82, 2.24) is 9.88 Å². The molecule has 3 aromatic rings.